The van der Waals surface area contributed by atoms with Crippen LogP contribution in [0.2, 0.25) is 0 Å². The van der Waals surface area contributed by atoms with Crippen molar-refractivity contribution in [1.82, 2.24) is 5.32 Å². The van der Waals surface area contributed by atoms with Gasteiger partial charge in [0.05, 0.1) is 25.2 Å². The number of amides is 1. The van der Waals surface area contributed by atoms with E-state index < -0.39 is 18.2 Å². The van der Waals surface area contributed by atoms with E-state index in [0.29, 0.717) is 19.3 Å². The van der Waals surface area contributed by atoms with E-state index in [1.807, 2.05) is 0 Å². The third-order valence-corrected chi connectivity index (χ3v) is 10.9. The molecule has 0 aromatic rings. The maximum Gasteiger partial charge on any atom is 0.306 e. The molecular weight excluding hydrogens is 647 g/mol. The van der Waals surface area contributed by atoms with Gasteiger partial charge in [0.2, 0.25) is 5.91 Å². The molecule has 0 aromatic heterocycles. The molecule has 0 aromatic carbocycles. The minimum Gasteiger partial charge on any atom is -0.462 e. The van der Waals surface area contributed by atoms with Crippen molar-refractivity contribution in [3.05, 3.63) is 0 Å². The number of ether oxygens (including phenoxy) is 1. The van der Waals surface area contributed by atoms with Crippen LogP contribution < -0.4 is 5.32 Å². The molecule has 0 aliphatic rings. The zero-order valence-corrected chi connectivity index (χ0v) is 35.2. The predicted molar refractivity (Wildman–Crippen MR) is 223 cm³/mol. The van der Waals surface area contributed by atoms with Gasteiger partial charge in [-0.15, -0.1) is 0 Å². The van der Waals surface area contributed by atoms with Gasteiger partial charge in [-0.25, -0.2) is 0 Å². The summed E-state index contributed by atoms with van der Waals surface area (Å²) in [5, 5.41) is 23.6. The first-order chi connectivity index (χ1) is 25.5. The minimum absolute atomic E-state index is 0.0868. The van der Waals surface area contributed by atoms with Crippen LogP contribution in [-0.4, -0.2) is 46.9 Å². The molecule has 3 N–H and O–H groups in total. The van der Waals surface area contributed by atoms with E-state index >= 15 is 0 Å². The lowest BCUT2D eigenvalue weighted by Crippen LogP contribution is -2.46. The lowest BCUT2D eigenvalue weighted by molar-refractivity contribution is -0.151. The smallest absolute Gasteiger partial charge is 0.306 e. The van der Waals surface area contributed by atoms with Crippen molar-refractivity contribution < 1.29 is 24.5 Å². The molecule has 0 bridgehead atoms. The number of carbonyl (C=O) groups is 2. The van der Waals surface area contributed by atoms with Crippen LogP contribution >= 0.6 is 0 Å². The van der Waals surface area contributed by atoms with Gasteiger partial charge in [-0.05, 0) is 25.7 Å². The Morgan fingerprint density at radius 3 is 1.17 bits per heavy atom. The largest absolute Gasteiger partial charge is 0.462 e. The molecule has 0 spiro atoms. The molecule has 0 saturated carbocycles. The number of esters is 1. The molecule has 0 rings (SSSR count). The number of carbonyl (C=O) groups excluding carboxylic acids is 2. The van der Waals surface area contributed by atoms with Gasteiger partial charge < -0.3 is 20.3 Å². The van der Waals surface area contributed by atoms with Crippen LogP contribution in [0, 0.1) is 0 Å². The summed E-state index contributed by atoms with van der Waals surface area (Å²) < 4.78 is 5.90. The van der Waals surface area contributed by atoms with Gasteiger partial charge in [-0.3, -0.25) is 9.59 Å². The van der Waals surface area contributed by atoms with Crippen molar-refractivity contribution in [3.8, 4) is 0 Å². The van der Waals surface area contributed by atoms with E-state index in [1.54, 1.807) is 0 Å². The summed E-state index contributed by atoms with van der Waals surface area (Å²) in [6, 6.07) is -0.689. The van der Waals surface area contributed by atoms with Crippen LogP contribution in [0.25, 0.3) is 0 Å². The monoisotopic (exact) mass is 738 g/mol. The molecule has 3 unspecified atom stereocenters. The first kappa shape index (κ1) is 50.9. The first-order valence-electron chi connectivity index (χ1n) is 23.3. The van der Waals surface area contributed by atoms with E-state index in [-0.39, 0.29) is 24.9 Å². The molecule has 3 atom stereocenters. The van der Waals surface area contributed by atoms with Gasteiger partial charge in [-0.1, -0.05) is 220 Å². The Morgan fingerprint density at radius 1 is 0.481 bits per heavy atom. The molecule has 0 fully saturated rings. The van der Waals surface area contributed by atoms with Gasteiger partial charge in [0.25, 0.3) is 0 Å². The topological polar surface area (TPSA) is 95.9 Å². The van der Waals surface area contributed by atoms with Crippen LogP contribution in [0.15, 0.2) is 0 Å². The summed E-state index contributed by atoms with van der Waals surface area (Å²) in [6.07, 6.45) is 41.6. The SMILES string of the molecule is CCCCCCCCCCCCCCCCC(CC(=O)NC(CO)C(O)CCCCCCCCCCC)OC(=O)CCCCCCCCCCCC. The van der Waals surface area contributed by atoms with Gasteiger partial charge in [0.15, 0.2) is 0 Å². The van der Waals surface area contributed by atoms with Crippen molar-refractivity contribution in [3.63, 3.8) is 0 Å². The van der Waals surface area contributed by atoms with Crippen molar-refractivity contribution in [2.45, 2.75) is 277 Å². The second kappa shape index (κ2) is 41.0. The Bertz CT molecular complexity index is 746. The normalized spacial score (nSPS) is 13.2. The number of hydrogen-bond acceptors (Lipinski definition) is 5. The third kappa shape index (κ3) is 35.9. The molecule has 310 valence electrons. The van der Waals surface area contributed by atoms with Crippen LogP contribution in [0.5, 0.6) is 0 Å². The summed E-state index contributed by atoms with van der Waals surface area (Å²) in [7, 11) is 0. The molecule has 0 radical (unpaired) electrons. The zero-order chi connectivity index (χ0) is 38.2. The molecule has 52 heavy (non-hydrogen) atoms. The fraction of sp³-hybridized carbons (Fsp3) is 0.957. The molecule has 1 amide bonds. The number of aliphatic hydroxyl groups is 2. The summed E-state index contributed by atoms with van der Waals surface area (Å²) in [5.41, 5.74) is 0. The van der Waals surface area contributed by atoms with Gasteiger partial charge in [0, 0.05) is 6.42 Å². The fourth-order valence-electron chi connectivity index (χ4n) is 7.37. The number of rotatable bonds is 42. The molecule has 6 nitrogen and oxygen atoms in total. The molecule has 0 aliphatic heterocycles. The van der Waals surface area contributed by atoms with Crippen molar-refractivity contribution in [2.75, 3.05) is 6.61 Å². The second-order valence-corrected chi connectivity index (χ2v) is 16.2. The summed E-state index contributed by atoms with van der Waals surface area (Å²) >= 11 is 0. The number of hydrogen-bond donors (Lipinski definition) is 3. The van der Waals surface area contributed by atoms with Crippen molar-refractivity contribution in [2.24, 2.45) is 0 Å². The highest BCUT2D eigenvalue weighted by molar-refractivity contribution is 5.77. The summed E-state index contributed by atoms with van der Waals surface area (Å²) in [5.74, 6) is -0.459. The van der Waals surface area contributed by atoms with E-state index in [0.717, 1.165) is 44.9 Å². The minimum atomic E-state index is -0.776. The first-order valence-corrected chi connectivity index (χ1v) is 23.3. The van der Waals surface area contributed by atoms with Crippen LogP contribution in [0.1, 0.15) is 258 Å². The Balaban J connectivity index is 4.54. The average Bonchev–Trinajstić information content (AvgIpc) is 3.13. The summed E-state index contributed by atoms with van der Waals surface area (Å²) in [6.45, 7) is 6.46. The second-order valence-electron chi connectivity index (χ2n) is 16.2. The average molecular weight is 738 g/mol. The zero-order valence-electron chi connectivity index (χ0n) is 35.2. The number of aliphatic hydroxyl groups excluding tert-OH is 2. The predicted octanol–water partition coefficient (Wildman–Crippen LogP) is 13.2. The number of unbranched alkanes of at least 4 members (excludes halogenated alkanes) is 30. The fourth-order valence-corrected chi connectivity index (χ4v) is 7.37. The standard InChI is InChI=1S/C46H91NO5/c1-4-7-10-13-16-19-21-22-23-24-26-28-31-34-37-42(52-46(51)39-36-33-30-27-20-17-14-11-8-5-2)40-45(50)47-43(41-48)44(49)38-35-32-29-25-18-15-12-9-6-3/h42-44,48-49H,4-41H2,1-3H3,(H,47,50). The molecule has 0 saturated heterocycles. The highest BCUT2D eigenvalue weighted by Gasteiger charge is 2.24. The lowest BCUT2D eigenvalue weighted by Gasteiger charge is -2.24. The Labute approximate surface area is 324 Å². The van der Waals surface area contributed by atoms with Crippen LogP contribution in [0.4, 0.5) is 0 Å². The van der Waals surface area contributed by atoms with Gasteiger partial charge in [0.1, 0.15) is 6.10 Å². The highest BCUT2D eigenvalue weighted by Crippen LogP contribution is 2.18. The maximum absolute atomic E-state index is 13.1. The van der Waals surface area contributed by atoms with E-state index in [4.69, 9.17) is 4.74 Å². The Kier molecular flexibility index (Phi) is 40.1. The molecule has 0 heterocycles. The number of nitrogens with one attached hydrogen (secondary N) is 1. The van der Waals surface area contributed by atoms with Gasteiger partial charge >= 0.3 is 5.97 Å². The third-order valence-electron chi connectivity index (χ3n) is 10.9. The van der Waals surface area contributed by atoms with Crippen molar-refractivity contribution in [1.29, 1.82) is 0 Å². The Morgan fingerprint density at radius 2 is 0.808 bits per heavy atom. The van der Waals surface area contributed by atoms with Crippen LogP contribution in [0.3, 0.4) is 0 Å². The van der Waals surface area contributed by atoms with E-state index in [1.165, 1.54) is 167 Å². The van der Waals surface area contributed by atoms with Crippen molar-refractivity contribution >= 4 is 11.9 Å². The summed E-state index contributed by atoms with van der Waals surface area (Å²) in [4.78, 5) is 25.9. The maximum atomic E-state index is 13.1. The van der Waals surface area contributed by atoms with E-state index in [9.17, 15) is 19.8 Å². The lowest BCUT2D eigenvalue weighted by atomic mass is 10.0. The Hall–Kier alpha value is -1.14. The van der Waals surface area contributed by atoms with Gasteiger partial charge in [-0.2, -0.15) is 0 Å². The van der Waals surface area contributed by atoms with Crippen LogP contribution in [-0.2, 0) is 14.3 Å². The molecule has 6 heteroatoms. The highest BCUT2D eigenvalue weighted by atomic mass is 16.5. The molecule has 0 aliphatic carbocycles. The quantitative estimate of drug-likeness (QED) is 0.0428. The molecular formula is C46H91NO5. The van der Waals surface area contributed by atoms with E-state index in [2.05, 4.69) is 26.1 Å².